The second-order valence-corrected chi connectivity index (χ2v) is 7.44. The number of ether oxygens (including phenoxy) is 1. The van der Waals surface area contributed by atoms with Gasteiger partial charge in [-0.3, -0.25) is 14.8 Å². The maximum absolute atomic E-state index is 12.5. The fourth-order valence-electron chi connectivity index (χ4n) is 3.66. The minimum absolute atomic E-state index is 0.0180. The molecular formula is C22H25N5O2. The highest BCUT2D eigenvalue weighted by Crippen LogP contribution is 2.25. The maximum atomic E-state index is 12.5. The van der Waals surface area contributed by atoms with E-state index < -0.39 is 0 Å². The first kappa shape index (κ1) is 19.1. The summed E-state index contributed by atoms with van der Waals surface area (Å²) in [5.41, 5.74) is 1.91. The standard InChI is InChI=1S/C22H25N5O2/c1-16-4-2-6-20(12-16)29-19-9-7-18(8-10-19)25-21(28)14-27-11-3-5-17(13-27)22-23-15-24-26-22/h2,4,6-10,12,15,17H,3,5,11,13-14H2,1H3,(H,25,28)(H,23,24,26)/t17-/m1/s1. The quantitative estimate of drug-likeness (QED) is 0.669. The maximum Gasteiger partial charge on any atom is 0.238 e. The van der Waals surface area contributed by atoms with E-state index in [0.29, 0.717) is 12.5 Å². The molecule has 1 aliphatic heterocycles. The molecule has 1 atom stereocenters. The zero-order chi connectivity index (χ0) is 20.1. The summed E-state index contributed by atoms with van der Waals surface area (Å²) < 4.78 is 5.85. The number of aromatic nitrogens is 3. The lowest BCUT2D eigenvalue weighted by molar-refractivity contribution is -0.117. The molecule has 0 saturated carbocycles. The lowest BCUT2D eigenvalue weighted by Gasteiger charge is -2.30. The first-order valence-corrected chi connectivity index (χ1v) is 9.88. The first-order valence-electron chi connectivity index (χ1n) is 9.88. The van der Waals surface area contributed by atoms with Crippen LogP contribution in [0.5, 0.6) is 11.5 Å². The number of hydrogen-bond donors (Lipinski definition) is 2. The van der Waals surface area contributed by atoms with Crippen LogP contribution < -0.4 is 10.1 Å². The van der Waals surface area contributed by atoms with E-state index in [-0.39, 0.29) is 5.91 Å². The molecule has 1 aliphatic rings. The molecule has 1 amide bonds. The first-order chi connectivity index (χ1) is 14.2. The van der Waals surface area contributed by atoms with Crippen molar-refractivity contribution in [3.05, 3.63) is 66.2 Å². The van der Waals surface area contributed by atoms with Crippen LogP contribution in [0.3, 0.4) is 0 Å². The van der Waals surface area contributed by atoms with Gasteiger partial charge in [0.05, 0.1) is 6.54 Å². The Balaban J connectivity index is 1.29. The zero-order valence-corrected chi connectivity index (χ0v) is 16.5. The fraction of sp³-hybridized carbons (Fsp3) is 0.318. The summed E-state index contributed by atoms with van der Waals surface area (Å²) in [5, 5.41) is 9.85. The van der Waals surface area contributed by atoms with Crippen LogP contribution in [0.15, 0.2) is 54.9 Å². The molecule has 0 unspecified atom stereocenters. The Morgan fingerprint density at radius 2 is 2.10 bits per heavy atom. The Morgan fingerprint density at radius 3 is 2.86 bits per heavy atom. The van der Waals surface area contributed by atoms with E-state index in [2.05, 4.69) is 25.4 Å². The van der Waals surface area contributed by atoms with Crippen molar-refractivity contribution >= 4 is 11.6 Å². The van der Waals surface area contributed by atoms with Gasteiger partial charge in [-0.2, -0.15) is 5.10 Å². The molecule has 0 bridgehead atoms. The lowest BCUT2D eigenvalue weighted by Crippen LogP contribution is -2.40. The number of aromatic amines is 1. The van der Waals surface area contributed by atoms with Gasteiger partial charge in [-0.15, -0.1) is 0 Å². The topological polar surface area (TPSA) is 83.1 Å². The molecule has 1 fully saturated rings. The number of hydrogen-bond acceptors (Lipinski definition) is 5. The van der Waals surface area contributed by atoms with Crippen molar-refractivity contribution in [1.82, 2.24) is 20.1 Å². The summed E-state index contributed by atoms with van der Waals surface area (Å²) in [6.45, 7) is 4.13. The van der Waals surface area contributed by atoms with Gasteiger partial charge in [-0.25, -0.2) is 4.98 Å². The van der Waals surface area contributed by atoms with E-state index in [1.165, 1.54) is 6.33 Å². The third kappa shape index (κ3) is 5.20. The average molecular weight is 391 g/mol. The molecule has 2 heterocycles. The normalized spacial score (nSPS) is 17.1. The molecule has 0 radical (unpaired) electrons. The number of piperidine rings is 1. The van der Waals surface area contributed by atoms with Crippen LogP contribution in [0.4, 0.5) is 5.69 Å². The number of H-pyrrole nitrogens is 1. The number of carbonyl (C=O) groups is 1. The van der Waals surface area contributed by atoms with Crippen LogP contribution in [0.25, 0.3) is 0 Å². The molecule has 0 aliphatic carbocycles. The Bertz CT molecular complexity index is 940. The van der Waals surface area contributed by atoms with Crippen LogP contribution in [-0.2, 0) is 4.79 Å². The smallest absolute Gasteiger partial charge is 0.238 e. The van der Waals surface area contributed by atoms with Crippen LogP contribution in [-0.4, -0.2) is 45.6 Å². The van der Waals surface area contributed by atoms with Crippen molar-refractivity contribution < 1.29 is 9.53 Å². The van der Waals surface area contributed by atoms with Gasteiger partial charge < -0.3 is 10.1 Å². The van der Waals surface area contributed by atoms with Crippen LogP contribution >= 0.6 is 0 Å². The molecule has 1 saturated heterocycles. The summed E-state index contributed by atoms with van der Waals surface area (Å²) >= 11 is 0. The molecule has 2 aromatic carbocycles. The van der Waals surface area contributed by atoms with Gasteiger partial charge in [0.15, 0.2) is 0 Å². The van der Waals surface area contributed by atoms with Gasteiger partial charge in [0, 0.05) is 18.2 Å². The van der Waals surface area contributed by atoms with E-state index in [0.717, 1.165) is 54.5 Å². The summed E-state index contributed by atoms with van der Waals surface area (Å²) in [6.07, 6.45) is 3.65. The fourth-order valence-corrected chi connectivity index (χ4v) is 3.66. The SMILES string of the molecule is Cc1cccc(Oc2ccc(NC(=O)CN3CCC[C@@H](c4ncn[nH]4)C3)cc2)c1. The van der Waals surface area contributed by atoms with Gasteiger partial charge in [-0.1, -0.05) is 12.1 Å². The molecule has 29 heavy (non-hydrogen) atoms. The highest BCUT2D eigenvalue weighted by molar-refractivity contribution is 5.92. The number of rotatable bonds is 6. The minimum atomic E-state index is -0.0180. The predicted octanol–water partition coefficient (Wildman–Crippen LogP) is 3.72. The molecule has 0 spiro atoms. The Labute approximate surface area is 170 Å². The van der Waals surface area contributed by atoms with E-state index in [1.807, 2.05) is 55.5 Å². The van der Waals surface area contributed by atoms with Gasteiger partial charge in [0.2, 0.25) is 5.91 Å². The second-order valence-electron chi connectivity index (χ2n) is 7.44. The van der Waals surface area contributed by atoms with Crippen molar-refractivity contribution in [3.63, 3.8) is 0 Å². The number of anilines is 1. The molecule has 2 N–H and O–H groups in total. The minimum Gasteiger partial charge on any atom is -0.457 e. The molecule has 150 valence electrons. The Kier molecular flexibility index (Phi) is 5.86. The molecule has 1 aromatic heterocycles. The molecule has 4 rings (SSSR count). The number of benzene rings is 2. The third-order valence-corrected chi connectivity index (χ3v) is 5.06. The number of nitrogens with zero attached hydrogens (tertiary/aromatic N) is 3. The van der Waals surface area contributed by atoms with E-state index in [9.17, 15) is 4.79 Å². The number of amides is 1. The largest absolute Gasteiger partial charge is 0.457 e. The van der Waals surface area contributed by atoms with Crippen molar-refractivity contribution in [2.24, 2.45) is 0 Å². The molecular weight excluding hydrogens is 366 g/mol. The Morgan fingerprint density at radius 1 is 1.24 bits per heavy atom. The highest BCUT2D eigenvalue weighted by atomic mass is 16.5. The molecule has 3 aromatic rings. The van der Waals surface area contributed by atoms with E-state index in [4.69, 9.17) is 4.74 Å². The van der Waals surface area contributed by atoms with Crippen LogP contribution in [0.1, 0.15) is 30.1 Å². The summed E-state index contributed by atoms with van der Waals surface area (Å²) in [5.74, 6) is 2.72. The van der Waals surface area contributed by atoms with Crippen molar-refractivity contribution in [2.45, 2.75) is 25.7 Å². The zero-order valence-electron chi connectivity index (χ0n) is 16.5. The van der Waals surface area contributed by atoms with E-state index in [1.54, 1.807) is 0 Å². The van der Waals surface area contributed by atoms with Crippen molar-refractivity contribution in [3.8, 4) is 11.5 Å². The lowest BCUT2D eigenvalue weighted by atomic mass is 9.97. The molecule has 7 nitrogen and oxygen atoms in total. The summed E-state index contributed by atoms with van der Waals surface area (Å²) in [4.78, 5) is 18.9. The van der Waals surface area contributed by atoms with Crippen LogP contribution in [0, 0.1) is 6.92 Å². The second kappa shape index (κ2) is 8.87. The average Bonchev–Trinajstić information content (AvgIpc) is 3.25. The number of nitrogens with one attached hydrogen (secondary N) is 2. The van der Waals surface area contributed by atoms with Gasteiger partial charge in [0.1, 0.15) is 23.7 Å². The van der Waals surface area contributed by atoms with Gasteiger partial charge in [-0.05, 0) is 68.3 Å². The van der Waals surface area contributed by atoms with Gasteiger partial charge in [0.25, 0.3) is 0 Å². The number of carbonyl (C=O) groups excluding carboxylic acids is 1. The predicted molar refractivity (Wildman–Crippen MR) is 111 cm³/mol. The van der Waals surface area contributed by atoms with Crippen molar-refractivity contribution in [2.75, 3.05) is 25.0 Å². The van der Waals surface area contributed by atoms with Gasteiger partial charge >= 0.3 is 0 Å². The molecule has 7 heteroatoms. The van der Waals surface area contributed by atoms with Crippen LogP contribution in [0.2, 0.25) is 0 Å². The monoisotopic (exact) mass is 391 g/mol. The third-order valence-electron chi connectivity index (χ3n) is 5.06. The Hall–Kier alpha value is -3.19. The number of aryl methyl sites for hydroxylation is 1. The summed E-state index contributed by atoms with van der Waals surface area (Å²) in [6, 6.07) is 15.3. The van der Waals surface area contributed by atoms with E-state index >= 15 is 0 Å². The van der Waals surface area contributed by atoms with Crippen molar-refractivity contribution in [1.29, 1.82) is 0 Å². The highest BCUT2D eigenvalue weighted by Gasteiger charge is 2.24. The summed E-state index contributed by atoms with van der Waals surface area (Å²) in [7, 11) is 0. The number of likely N-dealkylation sites (tertiary alicyclic amines) is 1.